The number of carbonyl (C=O) groups excluding carboxylic acids is 3. The number of unbranched alkanes of at least 4 members (excludes halogenated alkanes) is 26. The van der Waals surface area contributed by atoms with Crippen LogP contribution in [0, 0.1) is 0 Å². The van der Waals surface area contributed by atoms with E-state index in [0.29, 0.717) is 19.3 Å². The van der Waals surface area contributed by atoms with Crippen LogP contribution in [0.4, 0.5) is 0 Å². The van der Waals surface area contributed by atoms with Crippen LogP contribution in [0.2, 0.25) is 0 Å². The Kier molecular flexibility index (Phi) is 53.4. The van der Waals surface area contributed by atoms with Crippen molar-refractivity contribution in [2.45, 2.75) is 277 Å². The lowest BCUT2D eigenvalue weighted by Gasteiger charge is -2.18. The Labute approximate surface area is 420 Å². The molecule has 0 amide bonds. The van der Waals surface area contributed by atoms with Crippen LogP contribution in [-0.2, 0) is 28.6 Å². The zero-order chi connectivity index (χ0) is 49.3. The molecule has 6 nitrogen and oxygen atoms in total. The van der Waals surface area contributed by atoms with Gasteiger partial charge >= 0.3 is 17.9 Å². The monoisotopic (exact) mass is 947 g/mol. The second kappa shape index (κ2) is 56.2. The van der Waals surface area contributed by atoms with Crippen LogP contribution in [0.5, 0.6) is 0 Å². The Morgan fingerprint density at radius 1 is 0.309 bits per heavy atom. The minimum atomic E-state index is -0.789. The topological polar surface area (TPSA) is 78.9 Å². The van der Waals surface area contributed by atoms with E-state index < -0.39 is 6.10 Å². The molecular weight excluding hydrogens is 841 g/mol. The molecule has 0 radical (unpaired) electrons. The van der Waals surface area contributed by atoms with Crippen molar-refractivity contribution in [2.24, 2.45) is 0 Å². The van der Waals surface area contributed by atoms with Crippen LogP contribution in [-0.4, -0.2) is 37.2 Å². The van der Waals surface area contributed by atoms with Gasteiger partial charge in [0.05, 0.1) is 0 Å². The molecule has 390 valence electrons. The Morgan fingerprint density at radius 3 is 0.926 bits per heavy atom. The predicted octanol–water partition coefficient (Wildman–Crippen LogP) is 19.2. The minimum Gasteiger partial charge on any atom is -0.462 e. The molecule has 0 aromatic rings. The number of carbonyl (C=O) groups is 3. The summed E-state index contributed by atoms with van der Waals surface area (Å²) in [7, 11) is 0. The molecule has 0 spiro atoms. The third-order valence-electron chi connectivity index (χ3n) is 12.1. The van der Waals surface area contributed by atoms with E-state index in [1.54, 1.807) is 0 Å². The molecular formula is C62H106O6. The van der Waals surface area contributed by atoms with Crippen LogP contribution in [0.25, 0.3) is 0 Å². The Morgan fingerprint density at radius 2 is 0.574 bits per heavy atom. The molecule has 0 aliphatic carbocycles. The molecule has 6 heteroatoms. The highest BCUT2D eigenvalue weighted by atomic mass is 16.6. The average molecular weight is 948 g/mol. The number of esters is 3. The molecule has 0 aromatic heterocycles. The predicted molar refractivity (Wildman–Crippen MR) is 293 cm³/mol. The van der Waals surface area contributed by atoms with Gasteiger partial charge in [0.1, 0.15) is 13.2 Å². The second-order valence-electron chi connectivity index (χ2n) is 18.8. The zero-order valence-corrected chi connectivity index (χ0v) is 44.6. The van der Waals surface area contributed by atoms with Crippen LogP contribution in [0.3, 0.4) is 0 Å². The van der Waals surface area contributed by atoms with Crippen molar-refractivity contribution >= 4 is 17.9 Å². The normalized spacial score (nSPS) is 12.7. The fourth-order valence-corrected chi connectivity index (χ4v) is 7.85. The molecule has 68 heavy (non-hydrogen) atoms. The van der Waals surface area contributed by atoms with Crippen molar-refractivity contribution in [3.8, 4) is 0 Å². The maximum atomic E-state index is 12.8. The van der Waals surface area contributed by atoms with Crippen LogP contribution >= 0.6 is 0 Å². The highest BCUT2D eigenvalue weighted by Crippen LogP contribution is 2.15. The molecule has 0 saturated heterocycles. The lowest BCUT2D eigenvalue weighted by Crippen LogP contribution is -2.30. The van der Waals surface area contributed by atoms with Gasteiger partial charge in [-0.2, -0.15) is 0 Å². The van der Waals surface area contributed by atoms with Gasteiger partial charge in [-0.25, -0.2) is 0 Å². The van der Waals surface area contributed by atoms with Crippen molar-refractivity contribution in [3.05, 3.63) is 85.1 Å². The Balaban J connectivity index is 4.39. The van der Waals surface area contributed by atoms with Crippen molar-refractivity contribution in [1.29, 1.82) is 0 Å². The Bertz CT molecular complexity index is 1320. The van der Waals surface area contributed by atoms with Crippen molar-refractivity contribution < 1.29 is 28.6 Å². The molecule has 0 aliphatic rings. The van der Waals surface area contributed by atoms with E-state index in [-0.39, 0.29) is 31.1 Å². The van der Waals surface area contributed by atoms with Crippen LogP contribution < -0.4 is 0 Å². The van der Waals surface area contributed by atoms with Gasteiger partial charge in [-0.3, -0.25) is 14.4 Å². The van der Waals surface area contributed by atoms with Gasteiger partial charge in [0.25, 0.3) is 0 Å². The van der Waals surface area contributed by atoms with Crippen molar-refractivity contribution in [1.82, 2.24) is 0 Å². The van der Waals surface area contributed by atoms with Gasteiger partial charge in [-0.05, 0) is 96.3 Å². The number of rotatable bonds is 51. The highest BCUT2D eigenvalue weighted by molar-refractivity contribution is 5.71. The molecule has 0 saturated carbocycles. The summed E-state index contributed by atoms with van der Waals surface area (Å²) in [5.41, 5.74) is 0. The maximum Gasteiger partial charge on any atom is 0.306 e. The van der Waals surface area contributed by atoms with E-state index in [1.807, 2.05) is 0 Å². The fraction of sp³-hybridized carbons (Fsp3) is 0.726. The Hall–Kier alpha value is -3.41. The smallest absolute Gasteiger partial charge is 0.306 e. The van der Waals surface area contributed by atoms with Gasteiger partial charge < -0.3 is 14.2 Å². The number of allylic oxidation sites excluding steroid dienone is 14. The standard InChI is InChI=1S/C62H106O6/c1-4-7-10-13-16-19-22-25-27-28-29-30-31-32-33-34-35-38-40-43-46-49-52-55-61(64)67-58-59(57-66-60(63)54-51-48-45-42-39-36-24-21-18-15-12-9-6-3)68-62(65)56-53-50-47-44-41-37-26-23-20-17-14-11-8-5-2/h7,10,16,19,21,24-25,27,29-30,32-33,35,38,59H,4-6,8-9,11-15,17-18,20,22-23,26,28,31,34,36-37,39-58H2,1-3H3/b10-7-,19-16-,24-21-,27-25-,30-29-,33-32-,38-35-. The summed E-state index contributed by atoms with van der Waals surface area (Å²) in [6.45, 7) is 6.49. The van der Waals surface area contributed by atoms with Gasteiger partial charge in [0.2, 0.25) is 0 Å². The summed E-state index contributed by atoms with van der Waals surface area (Å²) < 4.78 is 16.8. The molecule has 1 atom stereocenters. The van der Waals surface area contributed by atoms with E-state index in [1.165, 1.54) is 116 Å². The zero-order valence-electron chi connectivity index (χ0n) is 44.6. The van der Waals surface area contributed by atoms with Gasteiger partial charge in [0, 0.05) is 19.3 Å². The van der Waals surface area contributed by atoms with Crippen molar-refractivity contribution in [3.63, 3.8) is 0 Å². The number of hydrogen-bond donors (Lipinski definition) is 0. The SMILES string of the molecule is CC/C=C\C/C=C\C/C=C\C/C=C\C/C=C\C/C=C\CCCCCCC(=O)OCC(COC(=O)CCCCCCC/C=C\CCCCCC)OC(=O)CCCCCCCCCCCCCCCC. The van der Waals surface area contributed by atoms with E-state index in [9.17, 15) is 14.4 Å². The first-order valence-electron chi connectivity index (χ1n) is 28.6. The molecule has 0 aliphatic heterocycles. The minimum absolute atomic E-state index is 0.0873. The number of ether oxygens (including phenoxy) is 3. The van der Waals surface area contributed by atoms with E-state index in [0.717, 1.165) is 116 Å². The summed E-state index contributed by atoms with van der Waals surface area (Å²) in [5.74, 6) is -0.914. The first kappa shape index (κ1) is 64.6. The fourth-order valence-electron chi connectivity index (χ4n) is 7.85. The first-order valence-corrected chi connectivity index (χ1v) is 28.6. The lowest BCUT2D eigenvalue weighted by molar-refractivity contribution is -0.167. The molecule has 1 unspecified atom stereocenters. The average Bonchev–Trinajstić information content (AvgIpc) is 3.34. The van der Waals surface area contributed by atoms with E-state index in [4.69, 9.17) is 14.2 Å². The molecule has 0 rings (SSSR count). The molecule has 0 fully saturated rings. The molecule has 0 aromatic carbocycles. The quantitative estimate of drug-likeness (QED) is 0.0262. The largest absolute Gasteiger partial charge is 0.462 e. The molecule has 0 bridgehead atoms. The summed E-state index contributed by atoms with van der Waals surface area (Å²) >= 11 is 0. The summed E-state index contributed by atoms with van der Waals surface area (Å²) in [6.07, 6.45) is 72.8. The van der Waals surface area contributed by atoms with E-state index in [2.05, 4.69) is 106 Å². The molecule has 0 N–H and O–H groups in total. The van der Waals surface area contributed by atoms with Gasteiger partial charge in [-0.1, -0.05) is 241 Å². The first-order chi connectivity index (χ1) is 33.5. The van der Waals surface area contributed by atoms with E-state index >= 15 is 0 Å². The number of hydrogen-bond acceptors (Lipinski definition) is 6. The summed E-state index contributed by atoms with van der Waals surface area (Å²) in [4.78, 5) is 38.1. The highest BCUT2D eigenvalue weighted by Gasteiger charge is 2.19. The van der Waals surface area contributed by atoms with Gasteiger partial charge in [0.15, 0.2) is 6.10 Å². The van der Waals surface area contributed by atoms with Crippen molar-refractivity contribution in [2.75, 3.05) is 13.2 Å². The summed E-state index contributed by atoms with van der Waals surface area (Å²) in [6, 6.07) is 0. The summed E-state index contributed by atoms with van der Waals surface area (Å²) in [5, 5.41) is 0. The second-order valence-corrected chi connectivity index (χ2v) is 18.8. The third-order valence-corrected chi connectivity index (χ3v) is 12.1. The third kappa shape index (κ3) is 53.5. The van der Waals surface area contributed by atoms with Crippen LogP contribution in [0.1, 0.15) is 271 Å². The van der Waals surface area contributed by atoms with Crippen LogP contribution in [0.15, 0.2) is 85.1 Å². The lowest BCUT2D eigenvalue weighted by atomic mass is 10.0. The van der Waals surface area contributed by atoms with Gasteiger partial charge in [-0.15, -0.1) is 0 Å². The maximum absolute atomic E-state index is 12.8. The molecule has 0 heterocycles.